The van der Waals surface area contributed by atoms with Crippen molar-refractivity contribution < 1.29 is 4.74 Å². The molecule has 27 heavy (non-hydrogen) atoms. The molecule has 0 saturated heterocycles. The summed E-state index contributed by atoms with van der Waals surface area (Å²) >= 11 is 21.5. The Bertz CT molecular complexity index is 749. The molecule has 0 aliphatic rings. The van der Waals surface area contributed by atoms with Gasteiger partial charge in [-0.2, -0.15) is 5.11 Å². The van der Waals surface area contributed by atoms with Crippen molar-refractivity contribution in [3.05, 3.63) is 54.6 Å². The average Bonchev–Trinajstić information content (AvgIpc) is 2.60. The van der Waals surface area contributed by atoms with Crippen LogP contribution in [0.25, 0.3) is 0 Å². The lowest BCUT2D eigenvalue weighted by Crippen LogP contribution is -2.31. The predicted molar refractivity (Wildman–Crippen MR) is 134 cm³/mol. The van der Waals surface area contributed by atoms with E-state index >= 15 is 0 Å². The molecule has 2 rings (SSSR count). The summed E-state index contributed by atoms with van der Waals surface area (Å²) in [5.74, 6) is 0.631. The van der Waals surface area contributed by atoms with Gasteiger partial charge in [-0.25, -0.2) is 0 Å². The van der Waals surface area contributed by atoms with Crippen LogP contribution >= 0.6 is 95.6 Å². The Morgan fingerprint density at radius 3 is 2.15 bits per heavy atom. The van der Waals surface area contributed by atoms with Gasteiger partial charge in [0.1, 0.15) is 13.6 Å². The van der Waals surface area contributed by atoms with Gasteiger partial charge in [0, 0.05) is 0 Å². The molecule has 0 fully saturated rings. The van der Waals surface area contributed by atoms with Crippen molar-refractivity contribution in [2.45, 2.75) is 29.7 Å². The summed E-state index contributed by atoms with van der Waals surface area (Å²) in [6.45, 7) is 0. The largest absolute Gasteiger partial charge is 0.463 e. The fourth-order valence-corrected chi connectivity index (χ4v) is 4.16. The monoisotopic (exact) mass is 750 g/mol. The standard InChI is InChI=1S/C18H16Br6N2O/c19-16(11-6-12-17(20,21)22)18(23,24)27-15-10-5-4-9-14(15)26-25-13-7-2-1-3-8-13/h1-5,7-10,16H,6,11-12H2. The molecular formula is C18H16Br6N2O. The van der Waals surface area contributed by atoms with Crippen LogP contribution in [0.2, 0.25) is 0 Å². The first-order valence-electron chi connectivity index (χ1n) is 8.01. The van der Waals surface area contributed by atoms with Crippen LogP contribution in [0.15, 0.2) is 64.8 Å². The first-order valence-corrected chi connectivity index (χ1v) is 12.9. The van der Waals surface area contributed by atoms with Gasteiger partial charge >= 0.3 is 0 Å². The summed E-state index contributed by atoms with van der Waals surface area (Å²) in [7, 11) is 0. The number of alkyl halides is 6. The van der Waals surface area contributed by atoms with Crippen molar-refractivity contribution in [2.24, 2.45) is 10.2 Å². The van der Waals surface area contributed by atoms with E-state index in [1.807, 2.05) is 54.6 Å². The third kappa shape index (κ3) is 8.95. The first kappa shape index (κ1) is 24.0. The zero-order valence-electron chi connectivity index (χ0n) is 14.0. The molecule has 0 spiro atoms. The molecule has 2 aromatic carbocycles. The maximum Gasteiger partial charge on any atom is 0.230 e. The number of hydrogen-bond donors (Lipinski definition) is 0. The third-order valence-electron chi connectivity index (χ3n) is 3.42. The van der Waals surface area contributed by atoms with Crippen molar-refractivity contribution in [3.8, 4) is 5.75 Å². The van der Waals surface area contributed by atoms with E-state index in [4.69, 9.17) is 4.74 Å². The summed E-state index contributed by atoms with van der Waals surface area (Å²) in [6.07, 6.45) is 2.76. The fourth-order valence-electron chi connectivity index (χ4n) is 2.09. The minimum atomic E-state index is -0.772. The number of azo groups is 1. The van der Waals surface area contributed by atoms with Gasteiger partial charge in [0.25, 0.3) is 0 Å². The minimum absolute atomic E-state index is 0.0268. The zero-order chi connectivity index (χ0) is 19.9. The molecule has 9 heteroatoms. The summed E-state index contributed by atoms with van der Waals surface area (Å²) in [5.41, 5.74) is 1.45. The van der Waals surface area contributed by atoms with E-state index in [2.05, 4.69) is 106 Å². The van der Waals surface area contributed by atoms with Crippen molar-refractivity contribution in [2.75, 3.05) is 0 Å². The van der Waals surface area contributed by atoms with Crippen LogP contribution in [0.5, 0.6) is 5.75 Å². The van der Waals surface area contributed by atoms with Crippen molar-refractivity contribution in [1.29, 1.82) is 0 Å². The summed E-state index contributed by atoms with van der Waals surface area (Å²) in [5, 5.41) is 8.61. The van der Waals surface area contributed by atoms with E-state index in [0.717, 1.165) is 24.9 Å². The average molecular weight is 756 g/mol. The molecule has 0 bridgehead atoms. The highest BCUT2D eigenvalue weighted by Gasteiger charge is 2.35. The second-order valence-corrected chi connectivity index (χ2v) is 17.4. The summed E-state index contributed by atoms with van der Waals surface area (Å²) < 4.78 is 5.16. The molecule has 146 valence electrons. The third-order valence-corrected chi connectivity index (χ3v) is 8.37. The lowest BCUT2D eigenvalue weighted by molar-refractivity contribution is 0.263. The topological polar surface area (TPSA) is 34.0 Å². The first-order chi connectivity index (χ1) is 12.7. The van der Waals surface area contributed by atoms with Crippen LogP contribution in [0.3, 0.4) is 0 Å². The molecule has 3 nitrogen and oxygen atoms in total. The normalized spacial score (nSPS) is 13.7. The van der Waals surface area contributed by atoms with Crippen molar-refractivity contribution in [3.63, 3.8) is 0 Å². The van der Waals surface area contributed by atoms with Gasteiger partial charge in [0.05, 0.1) is 10.5 Å². The predicted octanol–water partition coefficient (Wildman–Crippen LogP) is 9.70. The van der Waals surface area contributed by atoms with E-state index in [1.165, 1.54) is 0 Å². The number of hydrogen-bond acceptors (Lipinski definition) is 3. The van der Waals surface area contributed by atoms with E-state index in [1.54, 1.807) is 0 Å². The van der Waals surface area contributed by atoms with E-state index in [9.17, 15) is 0 Å². The van der Waals surface area contributed by atoms with Gasteiger partial charge in [-0.3, -0.25) is 0 Å². The van der Waals surface area contributed by atoms with Crippen LogP contribution in [-0.2, 0) is 0 Å². The molecule has 2 aromatic rings. The van der Waals surface area contributed by atoms with E-state index < -0.39 is 3.42 Å². The highest BCUT2D eigenvalue weighted by molar-refractivity contribution is 9.39. The molecule has 1 atom stereocenters. The molecule has 0 heterocycles. The Hall–Kier alpha value is 0.720. The highest BCUT2D eigenvalue weighted by atomic mass is 80.0. The quantitative estimate of drug-likeness (QED) is 0.195. The summed E-state index contributed by atoms with van der Waals surface area (Å²) in [6, 6.07) is 17.2. The Balaban J connectivity index is 2.06. The van der Waals surface area contributed by atoms with Crippen LogP contribution in [0.1, 0.15) is 19.3 Å². The fraction of sp³-hybridized carbons (Fsp3) is 0.333. The van der Waals surface area contributed by atoms with E-state index in [0.29, 0.717) is 11.4 Å². The Morgan fingerprint density at radius 2 is 1.48 bits per heavy atom. The molecule has 0 N–H and O–H groups in total. The number of ether oxygens (including phenoxy) is 1. The lowest BCUT2D eigenvalue weighted by atomic mass is 10.2. The van der Waals surface area contributed by atoms with Gasteiger partial charge < -0.3 is 4.74 Å². The highest BCUT2D eigenvalue weighted by Crippen LogP contribution is 2.44. The molecule has 0 aromatic heterocycles. The Labute approximate surface area is 209 Å². The Morgan fingerprint density at radius 1 is 0.852 bits per heavy atom. The van der Waals surface area contributed by atoms with Crippen LogP contribution in [-0.4, -0.2) is 10.4 Å². The molecule has 0 radical (unpaired) electrons. The number of halogens is 6. The molecular weight excluding hydrogens is 740 g/mol. The molecule has 0 amide bonds. The molecule has 0 saturated carbocycles. The smallest absolute Gasteiger partial charge is 0.230 e. The zero-order valence-corrected chi connectivity index (χ0v) is 23.5. The lowest BCUT2D eigenvalue weighted by Gasteiger charge is -2.28. The minimum Gasteiger partial charge on any atom is -0.463 e. The number of nitrogens with zero attached hydrogens (tertiary/aromatic N) is 2. The van der Waals surface area contributed by atoms with Gasteiger partial charge in [0.2, 0.25) is 3.42 Å². The number of para-hydroxylation sites is 1. The maximum absolute atomic E-state index is 6.16. The van der Waals surface area contributed by atoms with Gasteiger partial charge in [0.15, 0.2) is 0 Å². The SMILES string of the molecule is BrC(CCCC(Br)(Br)Br)C(Br)(Br)Oc1ccccc1N=Nc1ccccc1. The van der Waals surface area contributed by atoms with Crippen molar-refractivity contribution >= 4 is 107 Å². The second-order valence-electron chi connectivity index (χ2n) is 5.64. The second kappa shape index (κ2) is 11.2. The van der Waals surface area contributed by atoms with Crippen LogP contribution in [0.4, 0.5) is 11.4 Å². The number of benzene rings is 2. The van der Waals surface area contributed by atoms with Crippen LogP contribution in [0, 0.1) is 0 Å². The molecule has 1 unspecified atom stereocenters. The van der Waals surface area contributed by atoms with Crippen LogP contribution < -0.4 is 4.74 Å². The number of rotatable bonds is 8. The maximum atomic E-state index is 6.16. The molecule has 0 aliphatic carbocycles. The Kier molecular flexibility index (Phi) is 9.96. The van der Waals surface area contributed by atoms with Gasteiger partial charge in [-0.1, -0.05) is 94.1 Å². The van der Waals surface area contributed by atoms with Gasteiger partial charge in [-0.05, 0) is 75.4 Å². The summed E-state index contributed by atoms with van der Waals surface area (Å²) in [4.78, 5) is 0.0268. The van der Waals surface area contributed by atoms with Gasteiger partial charge in [-0.15, -0.1) is 5.11 Å². The molecule has 0 aliphatic heterocycles. The van der Waals surface area contributed by atoms with E-state index in [-0.39, 0.29) is 6.97 Å². The van der Waals surface area contributed by atoms with Crippen molar-refractivity contribution in [1.82, 2.24) is 0 Å².